The Balaban J connectivity index is 2.33. The van der Waals surface area contributed by atoms with Gasteiger partial charge in [-0.3, -0.25) is 0 Å². The van der Waals surface area contributed by atoms with Crippen molar-refractivity contribution < 1.29 is 17.9 Å². The van der Waals surface area contributed by atoms with Crippen LogP contribution in [-0.2, 0) is 6.18 Å². The highest BCUT2D eigenvalue weighted by molar-refractivity contribution is 6.42. The van der Waals surface area contributed by atoms with Crippen LogP contribution in [0.1, 0.15) is 5.69 Å². The van der Waals surface area contributed by atoms with Crippen LogP contribution in [0.15, 0.2) is 24.4 Å². The molecule has 2 N–H and O–H groups in total. The summed E-state index contributed by atoms with van der Waals surface area (Å²) >= 11 is 11.5. The van der Waals surface area contributed by atoms with Crippen LogP contribution in [-0.4, -0.2) is 9.97 Å². The van der Waals surface area contributed by atoms with Gasteiger partial charge in [-0.15, -0.1) is 0 Å². The predicted molar refractivity (Wildman–Crippen MR) is 68.0 cm³/mol. The fourth-order valence-corrected chi connectivity index (χ4v) is 1.60. The highest BCUT2D eigenvalue weighted by Crippen LogP contribution is 2.35. The summed E-state index contributed by atoms with van der Waals surface area (Å²) in [6.45, 7) is 0. The second-order valence-corrected chi connectivity index (χ2v) is 4.44. The van der Waals surface area contributed by atoms with Crippen molar-refractivity contribution in [1.82, 2.24) is 9.97 Å². The summed E-state index contributed by atoms with van der Waals surface area (Å²) in [5, 5.41) is 0.337. The lowest BCUT2D eigenvalue weighted by Crippen LogP contribution is -2.09. The Morgan fingerprint density at radius 1 is 1.15 bits per heavy atom. The molecule has 0 saturated carbocycles. The molecule has 0 atom stereocenters. The molecule has 4 nitrogen and oxygen atoms in total. The van der Waals surface area contributed by atoms with Gasteiger partial charge < -0.3 is 10.5 Å². The van der Waals surface area contributed by atoms with Crippen molar-refractivity contribution in [2.24, 2.45) is 0 Å². The van der Waals surface area contributed by atoms with Crippen molar-refractivity contribution in [3.63, 3.8) is 0 Å². The van der Waals surface area contributed by atoms with E-state index < -0.39 is 17.9 Å². The van der Waals surface area contributed by atoms with Crippen LogP contribution in [0, 0.1) is 0 Å². The summed E-state index contributed by atoms with van der Waals surface area (Å²) < 4.78 is 42.6. The van der Waals surface area contributed by atoms with Crippen LogP contribution >= 0.6 is 23.2 Å². The molecule has 0 radical (unpaired) electrons. The van der Waals surface area contributed by atoms with E-state index in [2.05, 4.69) is 9.97 Å². The maximum atomic E-state index is 12.5. The van der Waals surface area contributed by atoms with Gasteiger partial charge in [-0.05, 0) is 12.1 Å². The molecule has 0 aliphatic heterocycles. The molecule has 20 heavy (non-hydrogen) atoms. The van der Waals surface area contributed by atoms with Crippen LogP contribution in [0.4, 0.5) is 18.9 Å². The number of hydrogen-bond donors (Lipinski definition) is 1. The first-order valence-corrected chi connectivity index (χ1v) is 5.85. The molecule has 0 saturated heterocycles. The number of nitrogens with zero attached hydrogens (tertiary/aromatic N) is 2. The molecule has 0 amide bonds. The van der Waals surface area contributed by atoms with Crippen molar-refractivity contribution in [1.29, 1.82) is 0 Å². The molecule has 9 heteroatoms. The van der Waals surface area contributed by atoms with Gasteiger partial charge in [0.15, 0.2) is 11.4 Å². The van der Waals surface area contributed by atoms with Gasteiger partial charge in [0.05, 0.1) is 15.7 Å². The highest BCUT2D eigenvalue weighted by Gasteiger charge is 2.33. The Morgan fingerprint density at radius 3 is 2.45 bits per heavy atom. The van der Waals surface area contributed by atoms with Crippen molar-refractivity contribution in [3.05, 3.63) is 40.1 Å². The third-order valence-corrected chi connectivity index (χ3v) is 2.90. The molecule has 2 rings (SSSR count). The zero-order valence-corrected chi connectivity index (χ0v) is 11.1. The topological polar surface area (TPSA) is 61.0 Å². The van der Waals surface area contributed by atoms with E-state index in [4.69, 9.17) is 33.7 Å². The van der Waals surface area contributed by atoms with Crippen LogP contribution < -0.4 is 10.5 Å². The minimum atomic E-state index is -4.59. The lowest BCUT2D eigenvalue weighted by atomic mass is 10.3. The maximum absolute atomic E-state index is 12.5. The number of benzene rings is 1. The molecule has 2 aromatic rings. The van der Waals surface area contributed by atoms with E-state index in [-0.39, 0.29) is 21.5 Å². The fraction of sp³-hybridized carbons (Fsp3) is 0.0909. The molecule has 1 aromatic heterocycles. The first kappa shape index (κ1) is 14.7. The summed E-state index contributed by atoms with van der Waals surface area (Å²) in [6, 6.07) is 2.81. The second kappa shape index (κ2) is 5.34. The van der Waals surface area contributed by atoms with Gasteiger partial charge in [0, 0.05) is 12.3 Å². The van der Waals surface area contributed by atoms with Crippen LogP contribution in [0.2, 0.25) is 10.0 Å². The van der Waals surface area contributed by atoms with Gasteiger partial charge in [-0.1, -0.05) is 23.2 Å². The first-order chi connectivity index (χ1) is 9.27. The smallest absolute Gasteiger partial charge is 0.422 e. The van der Waals surface area contributed by atoms with Crippen molar-refractivity contribution in [3.8, 4) is 11.8 Å². The number of aromatic nitrogens is 2. The predicted octanol–water partition coefficient (Wildman–Crippen LogP) is 4.18. The number of anilines is 1. The Hall–Kier alpha value is -1.73. The van der Waals surface area contributed by atoms with Crippen molar-refractivity contribution >= 4 is 28.9 Å². The van der Waals surface area contributed by atoms with Gasteiger partial charge in [0.25, 0.3) is 0 Å². The molecule has 0 unspecified atom stereocenters. The third kappa shape index (κ3) is 3.23. The Kier molecular flexibility index (Phi) is 3.92. The summed E-state index contributed by atoms with van der Waals surface area (Å²) in [5.74, 6) is 0.0127. The molecular weight excluding hydrogens is 318 g/mol. The van der Waals surface area contributed by atoms with E-state index in [1.807, 2.05) is 0 Å². The second-order valence-electron chi connectivity index (χ2n) is 3.63. The van der Waals surface area contributed by atoms with Crippen LogP contribution in [0.25, 0.3) is 0 Å². The van der Waals surface area contributed by atoms with Gasteiger partial charge in [0.1, 0.15) is 0 Å². The van der Waals surface area contributed by atoms with E-state index in [0.717, 1.165) is 12.3 Å². The number of nitrogens with two attached hydrogens (primary N) is 1. The minimum absolute atomic E-state index is 0.0127. The highest BCUT2D eigenvalue weighted by atomic mass is 35.5. The maximum Gasteiger partial charge on any atom is 0.433 e. The zero-order chi connectivity index (χ0) is 14.9. The van der Waals surface area contributed by atoms with Crippen molar-refractivity contribution in [2.45, 2.75) is 6.18 Å². The standard InChI is InChI=1S/C11H6Cl2F3N3O/c12-5-3-7(17)8(4-6(5)13)20-10-18-2-1-9(19-10)11(14,15)16/h1-4H,17H2. The van der Waals surface area contributed by atoms with Gasteiger partial charge in [-0.2, -0.15) is 18.2 Å². The molecule has 1 heterocycles. The first-order valence-electron chi connectivity index (χ1n) is 5.10. The molecule has 0 bridgehead atoms. The van der Waals surface area contributed by atoms with E-state index >= 15 is 0 Å². The SMILES string of the molecule is Nc1cc(Cl)c(Cl)cc1Oc1nccc(C(F)(F)F)n1. The molecular formula is C11H6Cl2F3N3O. The fourth-order valence-electron chi connectivity index (χ4n) is 1.28. The number of alkyl halides is 3. The van der Waals surface area contributed by atoms with Gasteiger partial charge in [-0.25, -0.2) is 4.98 Å². The van der Waals surface area contributed by atoms with Gasteiger partial charge >= 0.3 is 12.2 Å². The Morgan fingerprint density at radius 2 is 1.80 bits per heavy atom. The lowest BCUT2D eigenvalue weighted by molar-refractivity contribution is -0.141. The van der Waals surface area contributed by atoms with E-state index in [0.29, 0.717) is 0 Å². The number of rotatable bonds is 2. The monoisotopic (exact) mass is 323 g/mol. The summed E-state index contributed by atoms with van der Waals surface area (Å²) in [6.07, 6.45) is -3.66. The van der Waals surface area contributed by atoms with E-state index in [1.54, 1.807) is 0 Å². The Bertz CT molecular complexity index is 649. The summed E-state index contributed by atoms with van der Waals surface area (Å²) in [4.78, 5) is 6.82. The van der Waals surface area contributed by atoms with Crippen LogP contribution in [0.3, 0.4) is 0 Å². The minimum Gasteiger partial charge on any atom is -0.422 e. The lowest BCUT2D eigenvalue weighted by Gasteiger charge is -2.10. The normalized spacial score (nSPS) is 11.4. The molecule has 0 aliphatic carbocycles. The molecule has 0 fully saturated rings. The van der Waals surface area contributed by atoms with Crippen molar-refractivity contribution in [2.75, 3.05) is 5.73 Å². The van der Waals surface area contributed by atoms with Gasteiger partial charge in [0.2, 0.25) is 0 Å². The molecule has 0 aliphatic rings. The third-order valence-electron chi connectivity index (χ3n) is 2.18. The number of halogens is 5. The summed E-state index contributed by atoms with van der Waals surface area (Å²) in [7, 11) is 0. The summed E-state index contributed by atoms with van der Waals surface area (Å²) in [5.41, 5.74) is 4.59. The average Bonchev–Trinajstić information content (AvgIpc) is 2.35. The molecule has 1 aromatic carbocycles. The largest absolute Gasteiger partial charge is 0.433 e. The quantitative estimate of drug-likeness (QED) is 0.842. The van der Waals surface area contributed by atoms with Crippen LogP contribution in [0.5, 0.6) is 11.8 Å². The number of hydrogen-bond acceptors (Lipinski definition) is 4. The average molecular weight is 324 g/mol. The molecule has 0 spiro atoms. The zero-order valence-electron chi connectivity index (χ0n) is 9.58. The number of nitrogen functional groups attached to an aromatic ring is 1. The van der Waals surface area contributed by atoms with E-state index in [9.17, 15) is 13.2 Å². The Labute approximate surface area is 121 Å². The van der Waals surface area contributed by atoms with E-state index in [1.165, 1.54) is 12.1 Å². The number of ether oxygens (including phenoxy) is 1. The molecule has 106 valence electrons.